The third-order valence-corrected chi connectivity index (χ3v) is 5.79. The summed E-state index contributed by atoms with van der Waals surface area (Å²) >= 11 is 0. The van der Waals surface area contributed by atoms with Gasteiger partial charge in [0.2, 0.25) is 15.0 Å². The van der Waals surface area contributed by atoms with Crippen molar-refractivity contribution in [3.63, 3.8) is 0 Å². The van der Waals surface area contributed by atoms with Gasteiger partial charge in [0, 0.05) is 12.6 Å². The van der Waals surface area contributed by atoms with Crippen molar-refractivity contribution < 1.29 is 8.42 Å². The second kappa shape index (κ2) is 5.66. The zero-order valence-electron chi connectivity index (χ0n) is 13.3. The molecule has 0 saturated carbocycles. The lowest BCUT2D eigenvalue weighted by Crippen LogP contribution is -2.09. The fourth-order valence-electron chi connectivity index (χ4n) is 2.52. The average molecular weight is 326 g/mol. The topological polar surface area (TPSA) is 52.0 Å². The largest absolute Gasteiger partial charge is 0.318 e. The molecule has 1 heterocycles. The van der Waals surface area contributed by atoms with Gasteiger partial charge in [0.25, 0.3) is 0 Å². The summed E-state index contributed by atoms with van der Waals surface area (Å²) in [5.74, 6) is 0. The predicted molar refractivity (Wildman–Crippen MR) is 90.0 cm³/mol. The smallest absolute Gasteiger partial charge is 0.240 e. The van der Waals surface area contributed by atoms with E-state index in [9.17, 15) is 8.42 Å². The van der Waals surface area contributed by atoms with E-state index in [4.69, 9.17) is 0 Å². The Morgan fingerprint density at radius 1 is 0.957 bits per heavy atom. The average Bonchev–Trinajstić information content (AvgIpc) is 2.93. The molecule has 0 saturated heterocycles. The molecule has 0 fully saturated rings. The quantitative estimate of drug-likeness (QED) is 0.740. The van der Waals surface area contributed by atoms with Gasteiger partial charge in [-0.25, -0.2) is 13.4 Å². The van der Waals surface area contributed by atoms with Crippen molar-refractivity contribution in [1.29, 1.82) is 0 Å². The summed E-state index contributed by atoms with van der Waals surface area (Å²) in [6, 6.07) is 14.4. The van der Waals surface area contributed by atoms with E-state index in [1.54, 1.807) is 48.1 Å². The van der Waals surface area contributed by atoms with Crippen LogP contribution in [0.4, 0.5) is 0 Å². The lowest BCUT2D eigenvalue weighted by atomic mass is 10.0. The van der Waals surface area contributed by atoms with Crippen molar-refractivity contribution in [3.8, 4) is 11.3 Å². The Labute approximate surface area is 136 Å². The molecular formula is C18H18N2O2S. The minimum Gasteiger partial charge on any atom is -0.318 e. The molecule has 0 aliphatic heterocycles. The number of aryl methyl sites for hydroxylation is 2. The van der Waals surface area contributed by atoms with Crippen molar-refractivity contribution >= 4 is 9.84 Å². The fraction of sp³-hybridized carbons (Fsp3) is 0.167. The second-order valence-electron chi connectivity index (χ2n) is 5.60. The highest BCUT2D eigenvalue weighted by Gasteiger charge is 2.24. The number of imidazole rings is 1. The molecular weight excluding hydrogens is 308 g/mol. The van der Waals surface area contributed by atoms with Gasteiger partial charge in [0.15, 0.2) is 0 Å². The van der Waals surface area contributed by atoms with Crippen molar-refractivity contribution in [2.75, 3.05) is 0 Å². The number of aromatic nitrogens is 2. The molecule has 2 aromatic carbocycles. The van der Waals surface area contributed by atoms with Crippen LogP contribution in [0, 0.1) is 13.8 Å². The molecule has 5 heteroatoms. The van der Waals surface area contributed by atoms with Gasteiger partial charge in [-0.3, -0.25) is 0 Å². The number of hydrogen-bond donors (Lipinski definition) is 0. The molecule has 1 aromatic heterocycles. The Hall–Kier alpha value is -2.40. The normalized spacial score (nSPS) is 11.6. The molecule has 118 valence electrons. The van der Waals surface area contributed by atoms with E-state index in [0.29, 0.717) is 0 Å². The van der Waals surface area contributed by atoms with Gasteiger partial charge in [-0.1, -0.05) is 30.3 Å². The van der Waals surface area contributed by atoms with Crippen LogP contribution in [0.3, 0.4) is 0 Å². The van der Waals surface area contributed by atoms with Gasteiger partial charge in [0.1, 0.15) is 0 Å². The monoisotopic (exact) mass is 326 g/mol. The summed E-state index contributed by atoms with van der Waals surface area (Å²) in [6.45, 7) is 4.09. The molecule has 0 radical (unpaired) electrons. The van der Waals surface area contributed by atoms with E-state index in [0.717, 1.165) is 16.8 Å². The molecule has 0 amide bonds. The molecule has 4 nitrogen and oxygen atoms in total. The minimum atomic E-state index is -3.62. The van der Waals surface area contributed by atoms with Gasteiger partial charge in [-0.05, 0) is 43.2 Å². The van der Waals surface area contributed by atoms with Gasteiger partial charge >= 0.3 is 0 Å². The highest BCUT2D eigenvalue weighted by Crippen LogP contribution is 2.26. The molecule has 0 aliphatic rings. The van der Waals surface area contributed by atoms with Crippen LogP contribution in [0.1, 0.15) is 11.1 Å². The number of benzene rings is 2. The molecule has 0 bridgehead atoms. The highest BCUT2D eigenvalue weighted by molar-refractivity contribution is 7.91. The van der Waals surface area contributed by atoms with Crippen molar-refractivity contribution in [3.05, 3.63) is 65.9 Å². The van der Waals surface area contributed by atoms with Crippen LogP contribution in [-0.4, -0.2) is 18.0 Å². The zero-order chi connectivity index (χ0) is 16.6. The molecule has 0 atom stereocenters. The standard InChI is InChI=1S/C18H18N2O2S/c1-13-9-10-15(11-14(13)2)17-12-19-18(20(17)3)23(21,22)16-7-5-4-6-8-16/h4-12H,1-3H3. The summed E-state index contributed by atoms with van der Waals surface area (Å²) in [5, 5.41) is 0.0527. The van der Waals surface area contributed by atoms with Crippen molar-refractivity contribution in [1.82, 2.24) is 9.55 Å². The third kappa shape index (κ3) is 2.68. The first-order chi connectivity index (χ1) is 10.9. The SMILES string of the molecule is Cc1ccc(-c2cnc(S(=O)(=O)c3ccccc3)n2C)cc1C. The first-order valence-corrected chi connectivity index (χ1v) is 8.79. The summed E-state index contributed by atoms with van der Waals surface area (Å²) in [7, 11) is -1.89. The molecule has 3 aromatic rings. The van der Waals surface area contributed by atoms with Gasteiger partial charge in [-0.2, -0.15) is 0 Å². The first-order valence-electron chi connectivity index (χ1n) is 7.31. The fourth-order valence-corrected chi connectivity index (χ4v) is 3.89. The molecule has 23 heavy (non-hydrogen) atoms. The maximum atomic E-state index is 12.7. The third-order valence-electron chi connectivity index (χ3n) is 4.04. The Kier molecular flexibility index (Phi) is 3.82. The summed E-state index contributed by atoms with van der Waals surface area (Å²) in [4.78, 5) is 4.42. The molecule has 3 rings (SSSR count). The van der Waals surface area contributed by atoms with E-state index in [1.165, 1.54) is 5.56 Å². The molecule has 0 spiro atoms. The Morgan fingerprint density at radius 2 is 1.65 bits per heavy atom. The Bertz CT molecular complexity index is 958. The van der Waals surface area contributed by atoms with Crippen LogP contribution in [0.2, 0.25) is 0 Å². The van der Waals surface area contributed by atoms with Gasteiger partial charge in [-0.15, -0.1) is 0 Å². The Balaban J connectivity index is 2.11. The second-order valence-corrected chi connectivity index (χ2v) is 7.44. The van der Waals surface area contributed by atoms with Crippen LogP contribution in [-0.2, 0) is 16.9 Å². The van der Waals surface area contributed by atoms with Crippen LogP contribution >= 0.6 is 0 Å². The zero-order valence-corrected chi connectivity index (χ0v) is 14.1. The maximum absolute atomic E-state index is 12.7. The summed E-state index contributed by atoms with van der Waals surface area (Å²) < 4.78 is 27.1. The van der Waals surface area contributed by atoms with E-state index in [-0.39, 0.29) is 10.1 Å². The number of sulfone groups is 1. The van der Waals surface area contributed by atoms with Gasteiger partial charge < -0.3 is 4.57 Å². The highest BCUT2D eigenvalue weighted by atomic mass is 32.2. The van der Waals surface area contributed by atoms with Crippen molar-refractivity contribution in [2.24, 2.45) is 7.05 Å². The van der Waals surface area contributed by atoms with E-state index in [2.05, 4.69) is 4.98 Å². The molecule has 0 N–H and O–H groups in total. The first kappa shape index (κ1) is 15.5. The van der Waals surface area contributed by atoms with Crippen LogP contribution in [0.5, 0.6) is 0 Å². The van der Waals surface area contributed by atoms with Crippen LogP contribution in [0.25, 0.3) is 11.3 Å². The number of hydrogen-bond acceptors (Lipinski definition) is 3. The number of rotatable bonds is 3. The maximum Gasteiger partial charge on any atom is 0.240 e. The van der Waals surface area contributed by atoms with E-state index >= 15 is 0 Å². The number of nitrogens with zero attached hydrogens (tertiary/aromatic N) is 2. The van der Waals surface area contributed by atoms with Crippen LogP contribution in [0.15, 0.2) is 64.8 Å². The van der Waals surface area contributed by atoms with Gasteiger partial charge in [0.05, 0.1) is 16.8 Å². The lowest BCUT2D eigenvalue weighted by Gasteiger charge is -2.08. The van der Waals surface area contributed by atoms with Crippen molar-refractivity contribution in [2.45, 2.75) is 23.9 Å². The van der Waals surface area contributed by atoms with Crippen LogP contribution < -0.4 is 0 Å². The Morgan fingerprint density at radius 3 is 2.30 bits per heavy atom. The van der Waals surface area contributed by atoms with E-state index < -0.39 is 9.84 Å². The van der Waals surface area contributed by atoms with E-state index in [1.807, 2.05) is 32.0 Å². The summed E-state index contributed by atoms with van der Waals surface area (Å²) in [6.07, 6.45) is 1.61. The molecule has 0 aliphatic carbocycles. The molecule has 0 unspecified atom stereocenters. The minimum absolute atomic E-state index is 0.0527. The predicted octanol–water partition coefficient (Wildman–Crippen LogP) is 3.54. The summed E-state index contributed by atoms with van der Waals surface area (Å²) in [5.41, 5.74) is 4.10. The lowest BCUT2D eigenvalue weighted by molar-refractivity contribution is 0.579.